The minimum atomic E-state index is 0.332. The van der Waals surface area contributed by atoms with Crippen LogP contribution in [0.5, 0.6) is 0 Å². The summed E-state index contributed by atoms with van der Waals surface area (Å²) in [5.74, 6) is 0. The summed E-state index contributed by atoms with van der Waals surface area (Å²) in [7, 11) is 0. The van der Waals surface area contributed by atoms with E-state index in [0.29, 0.717) is 11.6 Å². The zero-order valence-electron chi connectivity index (χ0n) is 11.2. The number of likely N-dealkylation sites (tertiary alicyclic amines) is 2. The van der Waals surface area contributed by atoms with Crippen molar-refractivity contribution >= 4 is 0 Å². The molecule has 2 aliphatic rings. The van der Waals surface area contributed by atoms with E-state index in [-0.39, 0.29) is 0 Å². The molecule has 0 amide bonds. The van der Waals surface area contributed by atoms with Gasteiger partial charge in [0.25, 0.3) is 0 Å². The van der Waals surface area contributed by atoms with Gasteiger partial charge in [0, 0.05) is 44.4 Å². The summed E-state index contributed by atoms with van der Waals surface area (Å²) in [6.07, 6.45) is 1.84. The van der Waals surface area contributed by atoms with Crippen molar-refractivity contribution in [1.29, 1.82) is 0 Å². The largest absolute Gasteiger partial charge is 0.376 e. The Morgan fingerprint density at radius 3 is 2.38 bits per heavy atom. The lowest BCUT2D eigenvalue weighted by atomic mass is 10.1. The second-order valence-corrected chi connectivity index (χ2v) is 6.09. The van der Waals surface area contributed by atoms with Gasteiger partial charge in [-0.2, -0.15) is 0 Å². The molecule has 0 radical (unpaired) electrons. The van der Waals surface area contributed by atoms with Gasteiger partial charge in [0.15, 0.2) is 0 Å². The third-order valence-electron chi connectivity index (χ3n) is 3.91. The number of hydrogen-bond acceptors (Lipinski definition) is 3. The topological polar surface area (TPSA) is 15.7 Å². The van der Waals surface area contributed by atoms with Crippen LogP contribution in [0.3, 0.4) is 0 Å². The smallest absolute Gasteiger partial charge is 0.0828 e. The Bertz CT molecular complexity index is 231. The van der Waals surface area contributed by atoms with Gasteiger partial charge >= 0.3 is 0 Å². The molecule has 0 aliphatic carbocycles. The van der Waals surface area contributed by atoms with Crippen LogP contribution in [0, 0.1) is 0 Å². The lowest BCUT2D eigenvalue weighted by Gasteiger charge is -2.43. The Hall–Kier alpha value is -0.120. The van der Waals surface area contributed by atoms with Crippen molar-refractivity contribution in [1.82, 2.24) is 9.80 Å². The molecule has 0 aromatic rings. The summed E-state index contributed by atoms with van der Waals surface area (Å²) in [6, 6.07) is 0.774. The van der Waals surface area contributed by atoms with Crippen molar-refractivity contribution < 1.29 is 4.74 Å². The second kappa shape index (κ2) is 4.63. The van der Waals surface area contributed by atoms with Gasteiger partial charge in [-0.15, -0.1) is 0 Å². The summed E-state index contributed by atoms with van der Waals surface area (Å²) in [5.41, 5.74) is 0.332. The average molecular weight is 226 g/mol. The molecule has 16 heavy (non-hydrogen) atoms. The Labute approximate surface area is 99.7 Å². The van der Waals surface area contributed by atoms with Crippen molar-refractivity contribution in [2.75, 3.05) is 32.8 Å². The SMILES string of the molecule is CCOC1CN([C@H]2CCN(C(C)(C)C)C2)C1. The van der Waals surface area contributed by atoms with Gasteiger partial charge in [0.1, 0.15) is 0 Å². The van der Waals surface area contributed by atoms with Crippen molar-refractivity contribution in [3.8, 4) is 0 Å². The van der Waals surface area contributed by atoms with Crippen LogP contribution in [0.25, 0.3) is 0 Å². The van der Waals surface area contributed by atoms with Crippen LogP contribution in [0.1, 0.15) is 34.1 Å². The third-order valence-corrected chi connectivity index (χ3v) is 3.91. The molecule has 2 heterocycles. The Balaban J connectivity index is 1.74. The van der Waals surface area contributed by atoms with Crippen LogP contribution < -0.4 is 0 Å². The van der Waals surface area contributed by atoms with Crippen molar-refractivity contribution in [3.63, 3.8) is 0 Å². The number of hydrogen-bond donors (Lipinski definition) is 0. The number of nitrogens with zero attached hydrogens (tertiary/aromatic N) is 2. The lowest BCUT2D eigenvalue weighted by Crippen LogP contribution is -2.57. The molecule has 2 saturated heterocycles. The Morgan fingerprint density at radius 2 is 1.88 bits per heavy atom. The molecule has 0 aromatic carbocycles. The van der Waals surface area contributed by atoms with E-state index in [2.05, 4.69) is 37.5 Å². The lowest BCUT2D eigenvalue weighted by molar-refractivity contribution is -0.0668. The molecular weight excluding hydrogens is 200 g/mol. The maximum Gasteiger partial charge on any atom is 0.0828 e. The van der Waals surface area contributed by atoms with E-state index in [9.17, 15) is 0 Å². The fourth-order valence-corrected chi connectivity index (χ4v) is 2.76. The highest BCUT2D eigenvalue weighted by atomic mass is 16.5. The summed E-state index contributed by atoms with van der Waals surface area (Å²) in [4.78, 5) is 5.19. The van der Waals surface area contributed by atoms with Crippen molar-refractivity contribution in [2.24, 2.45) is 0 Å². The van der Waals surface area contributed by atoms with Gasteiger partial charge < -0.3 is 4.74 Å². The molecule has 0 aromatic heterocycles. The molecule has 0 spiro atoms. The van der Waals surface area contributed by atoms with Crippen LogP contribution in [-0.2, 0) is 4.74 Å². The summed E-state index contributed by atoms with van der Waals surface area (Å²) in [5, 5.41) is 0. The normalized spacial score (nSPS) is 29.6. The quantitative estimate of drug-likeness (QED) is 0.726. The van der Waals surface area contributed by atoms with E-state index in [1.165, 1.54) is 19.5 Å². The number of rotatable bonds is 3. The van der Waals surface area contributed by atoms with Crippen LogP contribution in [0.15, 0.2) is 0 Å². The zero-order chi connectivity index (χ0) is 11.8. The van der Waals surface area contributed by atoms with E-state index in [4.69, 9.17) is 4.74 Å². The van der Waals surface area contributed by atoms with Crippen LogP contribution >= 0.6 is 0 Å². The van der Waals surface area contributed by atoms with Crippen LogP contribution in [-0.4, -0.2) is 60.3 Å². The minimum Gasteiger partial charge on any atom is -0.376 e. The molecule has 0 bridgehead atoms. The van der Waals surface area contributed by atoms with Crippen molar-refractivity contribution in [3.05, 3.63) is 0 Å². The standard InChI is InChI=1S/C13H26N2O/c1-5-16-12-9-14(10-12)11-6-7-15(8-11)13(2,3)4/h11-12H,5-10H2,1-4H3/t11-/m0/s1. The molecule has 1 atom stereocenters. The van der Waals surface area contributed by atoms with E-state index in [0.717, 1.165) is 25.7 Å². The molecular formula is C13H26N2O. The van der Waals surface area contributed by atoms with Crippen LogP contribution in [0.2, 0.25) is 0 Å². The fourth-order valence-electron chi connectivity index (χ4n) is 2.76. The van der Waals surface area contributed by atoms with E-state index < -0.39 is 0 Å². The summed E-state index contributed by atoms with van der Waals surface area (Å²) >= 11 is 0. The third kappa shape index (κ3) is 2.58. The van der Waals surface area contributed by atoms with Crippen LogP contribution in [0.4, 0.5) is 0 Å². The minimum absolute atomic E-state index is 0.332. The monoisotopic (exact) mass is 226 g/mol. The molecule has 3 heteroatoms. The maximum atomic E-state index is 5.61. The molecule has 94 valence electrons. The molecule has 0 unspecified atom stereocenters. The van der Waals surface area contributed by atoms with Gasteiger partial charge in [0.2, 0.25) is 0 Å². The zero-order valence-corrected chi connectivity index (χ0v) is 11.2. The van der Waals surface area contributed by atoms with Gasteiger partial charge in [-0.05, 0) is 34.1 Å². The van der Waals surface area contributed by atoms with Gasteiger partial charge in [-0.1, -0.05) is 0 Å². The van der Waals surface area contributed by atoms with Crippen molar-refractivity contribution in [2.45, 2.75) is 51.8 Å². The second-order valence-electron chi connectivity index (χ2n) is 6.09. The Morgan fingerprint density at radius 1 is 1.19 bits per heavy atom. The first-order valence-corrected chi connectivity index (χ1v) is 6.61. The first-order valence-electron chi connectivity index (χ1n) is 6.61. The Kier molecular flexibility index (Phi) is 3.57. The predicted molar refractivity (Wildman–Crippen MR) is 66.7 cm³/mol. The number of ether oxygens (including phenoxy) is 1. The molecule has 3 nitrogen and oxygen atoms in total. The highest BCUT2D eigenvalue weighted by Gasteiger charge is 2.38. The first-order chi connectivity index (χ1) is 7.50. The maximum absolute atomic E-state index is 5.61. The van der Waals surface area contributed by atoms with E-state index in [1.54, 1.807) is 0 Å². The van der Waals surface area contributed by atoms with E-state index in [1.807, 2.05) is 0 Å². The van der Waals surface area contributed by atoms with Gasteiger partial charge in [-0.3, -0.25) is 9.80 Å². The highest BCUT2D eigenvalue weighted by Crippen LogP contribution is 2.26. The van der Waals surface area contributed by atoms with Gasteiger partial charge in [-0.25, -0.2) is 0 Å². The molecule has 2 rings (SSSR count). The highest BCUT2D eigenvalue weighted by molar-refractivity contribution is 4.94. The predicted octanol–water partition coefficient (Wildman–Crippen LogP) is 1.58. The van der Waals surface area contributed by atoms with E-state index >= 15 is 0 Å². The molecule has 2 aliphatic heterocycles. The average Bonchev–Trinajstić information content (AvgIpc) is 2.58. The fraction of sp³-hybridized carbons (Fsp3) is 1.00. The van der Waals surface area contributed by atoms with Gasteiger partial charge in [0.05, 0.1) is 6.10 Å². The first kappa shape index (κ1) is 12.3. The summed E-state index contributed by atoms with van der Waals surface area (Å²) in [6.45, 7) is 14.7. The molecule has 2 fully saturated rings. The molecule has 0 saturated carbocycles. The summed E-state index contributed by atoms with van der Waals surface area (Å²) < 4.78 is 5.61. The molecule has 0 N–H and O–H groups in total.